The summed E-state index contributed by atoms with van der Waals surface area (Å²) in [6.07, 6.45) is 5.21. The maximum absolute atomic E-state index is 12.6. The molecule has 25 heavy (non-hydrogen) atoms. The molecule has 2 heterocycles. The van der Waals surface area contributed by atoms with Gasteiger partial charge in [-0.25, -0.2) is 0 Å². The smallest absolute Gasteiger partial charge is 0.236 e. The molecule has 3 aliphatic rings. The molecular formula is C19H33N3O3. The van der Waals surface area contributed by atoms with Crippen molar-refractivity contribution in [2.75, 3.05) is 45.9 Å². The molecule has 1 unspecified atom stereocenters. The van der Waals surface area contributed by atoms with Gasteiger partial charge in [0.15, 0.2) is 0 Å². The van der Waals surface area contributed by atoms with Crippen molar-refractivity contribution < 1.29 is 14.3 Å². The SMILES string of the molecule is CC1(C)CCCC1NCC(=O)N1CCC(C(=O)N2CCOCC2)CC1. The van der Waals surface area contributed by atoms with Crippen molar-refractivity contribution in [2.45, 2.75) is 52.0 Å². The first kappa shape index (κ1) is 18.6. The minimum Gasteiger partial charge on any atom is -0.378 e. The van der Waals surface area contributed by atoms with Crippen LogP contribution in [0.4, 0.5) is 0 Å². The first-order valence-corrected chi connectivity index (χ1v) is 9.85. The predicted octanol–water partition coefficient (Wildman–Crippen LogP) is 1.25. The van der Waals surface area contributed by atoms with Crippen LogP contribution in [0.1, 0.15) is 46.0 Å². The first-order chi connectivity index (χ1) is 12.0. The number of hydrogen-bond acceptors (Lipinski definition) is 4. The number of likely N-dealkylation sites (tertiary alicyclic amines) is 1. The number of hydrogen-bond donors (Lipinski definition) is 1. The van der Waals surface area contributed by atoms with E-state index in [1.165, 1.54) is 12.8 Å². The molecular weight excluding hydrogens is 318 g/mol. The van der Waals surface area contributed by atoms with Gasteiger partial charge in [-0.05, 0) is 31.1 Å². The van der Waals surface area contributed by atoms with Crippen molar-refractivity contribution in [1.82, 2.24) is 15.1 Å². The molecule has 1 N–H and O–H groups in total. The quantitative estimate of drug-likeness (QED) is 0.828. The summed E-state index contributed by atoms with van der Waals surface area (Å²) in [5.74, 6) is 0.505. The van der Waals surface area contributed by atoms with Crippen LogP contribution in [0.3, 0.4) is 0 Å². The molecule has 0 bridgehead atoms. The van der Waals surface area contributed by atoms with Crippen molar-refractivity contribution >= 4 is 11.8 Å². The summed E-state index contributed by atoms with van der Waals surface area (Å²) in [4.78, 5) is 28.9. The van der Waals surface area contributed by atoms with Crippen molar-refractivity contribution in [3.63, 3.8) is 0 Å². The van der Waals surface area contributed by atoms with Crippen molar-refractivity contribution in [3.05, 3.63) is 0 Å². The van der Waals surface area contributed by atoms with E-state index >= 15 is 0 Å². The lowest BCUT2D eigenvalue weighted by Crippen LogP contribution is -2.50. The molecule has 2 aliphatic heterocycles. The Morgan fingerprint density at radius 1 is 1.04 bits per heavy atom. The second kappa shape index (κ2) is 8.04. The molecule has 6 heteroatoms. The third-order valence-electron chi connectivity index (χ3n) is 6.28. The van der Waals surface area contributed by atoms with Gasteiger partial charge in [0.05, 0.1) is 19.8 Å². The summed E-state index contributed by atoms with van der Waals surface area (Å²) < 4.78 is 5.32. The van der Waals surface area contributed by atoms with Gasteiger partial charge in [-0.1, -0.05) is 20.3 Å². The highest BCUT2D eigenvalue weighted by atomic mass is 16.5. The molecule has 1 atom stereocenters. The summed E-state index contributed by atoms with van der Waals surface area (Å²) in [7, 11) is 0. The van der Waals surface area contributed by atoms with Gasteiger partial charge >= 0.3 is 0 Å². The Labute approximate surface area is 151 Å². The first-order valence-electron chi connectivity index (χ1n) is 9.85. The fourth-order valence-electron chi connectivity index (χ4n) is 4.45. The second-order valence-corrected chi connectivity index (χ2v) is 8.41. The number of rotatable bonds is 4. The van der Waals surface area contributed by atoms with Crippen molar-refractivity contribution in [2.24, 2.45) is 11.3 Å². The fourth-order valence-corrected chi connectivity index (χ4v) is 4.45. The molecule has 0 aromatic heterocycles. The zero-order valence-corrected chi connectivity index (χ0v) is 15.8. The number of nitrogens with zero attached hydrogens (tertiary/aromatic N) is 2. The summed E-state index contributed by atoms with van der Waals surface area (Å²) >= 11 is 0. The van der Waals surface area contributed by atoms with E-state index in [2.05, 4.69) is 19.2 Å². The van der Waals surface area contributed by atoms with E-state index < -0.39 is 0 Å². The van der Waals surface area contributed by atoms with Gasteiger partial charge in [0.1, 0.15) is 0 Å². The molecule has 1 saturated carbocycles. The molecule has 0 spiro atoms. The Balaban J connectivity index is 1.41. The van der Waals surface area contributed by atoms with Gasteiger partial charge in [0.25, 0.3) is 0 Å². The van der Waals surface area contributed by atoms with Crippen molar-refractivity contribution in [3.8, 4) is 0 Å². The zero-order chi connectivity index (χ0) is 17.9. The van der Waals surface area contributed by atoms with Crippen LogP contribution in [0.5, 0.6) is 0 Å². The van der Waals surface area contributed by atoms with Gasteiger partial charge in [-0.15, -0.1) is 0 Å². The minimum absolute atomic E-state index is 0.0730. The number of carbonyl (C=O) groups is 2. The molecule has 3 fully saturated rings. The van der Waals surface area contributed by atoms with Crippen LogP contribution in [0.25, 0.3) is 0 Å². The van der Waals surface area contributed by atoms with Gasteiger partial charge in [0.2, 0.25) is 11.8 Å². The average molecular weight is 351 g/mol. The number of carbonyl (C=O) groups excluding carboxylic acids is 2. The Bertz CT molecular complexity index is 480. The maximum Gasteiger partial charge on any atom is 0.236 e. The molecule has 2 saturated heterocycles. The lowest BCUT2D eigenvalue weighted by Gasteiger charge is -2.36. The summed E-state index contributed by atoms with van der Waals surface area (Å²) in [6, 6.07) is 0.442. The Morgan fingerprint density at radius 2 is 1.72 bits per heavy atom. The minimum atomic E-state index is 0.0730. The number of amides is 2. The van der Waals surface area contributed by atoms with Gasteiger partial charge in [0, 0.05) is 38.1 Å². The predicted molar refractivity (Wildman–Crippen MR) is 96.1 cm³/mol. The largest absolute Gasteiger partial charge is 0.378 e. The highest BCUT2D eigenvalue weighted by Gasteiger charge is 2.35. The van der Waals surface area contributed by atoms with E-state index in [1.807, 2.05) is 9.80 Å². The summed E-state index contributed by atoms with van der Waals surface area (Å²) in [5.41, 5.74) is 0.290. The van der Waals surface area contributed by atoms with E-state index in [0.29, 0.717) is 52.0 Å². The topological polar surface area (TPSA) is 61.9 Å². The average Bonchev–Trinajstić information content (AvgIpc) is 2.98. The number of nitrogens with one attached hydrogen (secondary N) is 1. The molecule has 3 rings (SSSR count). The highest BCUT2D eigenvalue weighted by molar-refractivity contribution is 5.81. The lowest BCUT2D eigenvalue weighted by atomic mass is 9.87. The Morgan fingerprint density at radius 3 is 2.32 bits per heavy atom. The number of ether oxygens (including phenoxy) is 1. The van der Waals surface area contributed by atoms with Crippen LogP contribution in [0.2, 0.25) is 0 Å². The van der Waals surface area contributed by atoms with Gasteiger partial charge < -0.3 is 19.9 Å². The van der Waals surface area contributed by atoms with Gasteiger partial charge in [-0.3, -0.25) is 9.59 Å². The normalized spacial score (nSPS) is 27.5. The van der Waals surface area contributed by atoms with Crippen LogP contribution in [0, 0.1) is 11.3 Å². The third-order valence-corrected chi connectivity index (χ3v) is 6.28. The molecule has 2 amide bonds. The highest BCUT2D eigenvalue weighted by Crippen LogP contribution is 2.37. The third kappa shape index (κ3) is 4.53. The van der Waals surface area contributed by atoms with E-state index in [1.54, 1.807) is 0 Å². The number of morpholine rings is 1. The van der Waals surface area contributed by atoms with E-state index in [4.69, 9.17) is 4.74 Å². The van der Waals surface area contributed by atoms with Crippen LogP contribution >= 0.6 is 0 Å². The Hall–Kier alpha value is -1.14. The fraction of sp³-hybridized carbons (Fsp3) is 0.895. The molecule has 142 valence electrons. The maximum atomic E-state index is 12.6. The molecule has 1 aliphatic carbocycles. The number of piperidine rings is 1. The van der Waals surface area contributed by atoms with Crippen LogP contribution in [0.15, 0.2) is 0 Å². The molecule has 0 aromatic rings. The molecule has 0 radical (unpaired) electrons. The molecule has 0 aromatic carbocycles. The lowest BCUT2D eigenvalue weighted by molar-refractivity contribution is -0.143. The van der Waals surface area contributed by atoms with Crippen molar-refractivity contribution in [1.29, 1.82) is 0 Å². The van der Waals surface area contributed by atoms with Gasteiger partial charge in [-0.2, -0.15) is 0 Å². The zero-order valence-electron chi connectivity index (χ0n) is 15.8. The monoisotopic (exact) mass is 351 g/mol. The standard InChI is InChI=1S/C19H33N3O3/c1-19(2)7-3-4-16(19)20-14-17(23)21-8-5-15(6-9-21)18(24)22-10-12-25-13-11-22/h15-16,20H,3-14H2,1-2H3. The summed E-state index contributed by atoms with van der Waals surface area (Å²) in [5, 5.41) is 3.47. The van der Waals surface area contributed by atoms with E-state index in [-0.39, 0.29) is 23.1 Å². The van der Waals surface area contributed by atoms with Crippen LogP contribution in [-0.4, -0.2) is 73.6 Å². The Kier molecular flexibility index (Phi) is 6.00. The second-order valence-electron chi connectivity index (χ2n) is 8.41. The molecule has 6 nitrogen and oxygen atoms in total. The van der Waals surface area contributed by atoms with E-state index in [9.17, 15) is 9.59 Å². The summed E-state index contributed by atoms with van der Waals surface area (Å²) in [6.45, 7) is 9.10. The van der Waals surface area contributed by atoms with Crippen LogP contribution in [-0.2, 0) is 14.3 Å². The van der Waals surface area contributed by atoms with Crippen LogP contribution < -0.4 is 5.32 Å². The van der Waals surface area contributed by atoms with E-state index in [0.717, 1.165) is 19.3 Å².